The zero-order valence-corrected chi connectivity index (χ0v) is 24.5. The molecule has 2 saturated heterocycles. The Morgan fingerprint density at radius 3 is 2.19 bits per heavy atom. The number of carbonyl (C=O) groups excluding carboxylic acids is 4. The molecule has 2 aliphatic heterocycles. The molecule has 216 valence electrons. The van der Waals surface area contributed by atoms with Gasteiger partial charge in [-0.1, -0.05) is 55.1 Å². The number of hydrogen-bond acceptors (Lipinski definition) is 8. The SMILES string of the molecule is COc1ccc([C@H]2C(C#N)C[C@]3(SC(=O)Nc4ccccc4)C(=O)N(C)CC(=O)N23)cn1.O=C(S)Nc1ccccc1. The quantitative estimate of drug-likeness (QED) is 0.353. The number of nitrogens with zero attached hydrogens (tertiary/aromatic N) is 4. The summed E-state index contributed by atoms with van der Waals surface area (Å²) in [5.41, 5.74) is 1.94. The van der Waals surface area contributed by atoms with E-state index in [9.17, 15) is 24.4 Å². The highest BCUT2D eigenvalue weighted by Crippen LogP contribution is 2.54. The number of hydrogen-bond donors (Lipinski definition) is 3. The summed E-state index contributed by atoms with van der Waals surface area (Å²) in [5.74, 6) is -1.01. The molecule has 0 spiro atoms. The smallest absolute Gasteiger partial charge is 0.286 e. The molecule has 1 unspecified atom stereocenters. The number of nitrogens with one attached hydrogen (secondary N) is 2. The molecule has 2 aromatic carbocycles. The topological polar surface area (TPSA) is 145 Å². The summed E-state index contributed by atoms with van der Waals surface area (Å²) < 4.78 is 5.10. The Hall–Kier alpha value is -4.54. The number of piperazine rings is 1. The first-order valence-corrected chi connectivity index (χ1v) is 14.0. The molecule has 13 heteroatoms. The Kier molecular flexibility index (Phi) is 9.72. The second-order valence-corrected chi connectivity index (χ2v) is 11.1. The number of ether oxygens (including phenoxy) is 1. The van der Waals surface area contributed by atoms with E-state index in [1.165, 1.54) is 30.2 Å². The van der Waals surface area contributed by atoms with E-state index >= 15 is 0 Å². The van der Waals surface area contributed by atoms with E-state index in [1.54, 1.807) is 48.5 Å². The number of anilines is 2. The predicted molar refractivity (Wildman–Crippen MR) is 162 cm³/mol. The van der Waals surface area contributed by atoms with E-state index in [-0.39, 0.29) is 30.0 Å². The molecule has 3 heterocycles. The fourth-order valence-electron chi connectivity index (χ4n) is 4.89. The second-order valence-electron chi connectivity index (χ2n) is 9.40. The van der Waals surface area contributed by atoms with E-state index in [2.05, 4.69) is 34.3 Å². The van der Waals surface area contributed by atoms with Gasteiger partial charge in [0.15, 0.2) is 4.87 Å². The lowest BCUT2D eigenvalue weighted by Crippen LogP contribution is -2.63. The number of nitriles is 1. The van der Waals surface area contributed by atoms with E-state index in [0.717, 1.165) is 17.4 Å². The number of rotatable bonds is 5. The van der Waals surface area contributed by atoms with Crippen molar-refractivity contribution in [2.45, 2.75) is 17.3 Å². The fourth-order valence-corrected chi connectivity index (χ4v) is 6.32. The van der Waals surface area contributed by atoms with E-state index < -0.39 is 22.1 Å². The normalized spacial score (nSPS) is 20.9. The molecule has 3 aromatic rings. The average molecular weight is 605 g/mol. The van der Waals surface area contributed by atoms with Gasteiger partial charge in [0.1, 0.15) is 0 Å². The Balaban J connectivity index is 0.000000343. The van der Waals surface area contributed by atoms with Crippen LogP contribution in [0.25, 0.3) is 0 Å². The van der Waals surface area contributed by atoms with Crippen molar-refractivity contribution in [3.63, 3.8) is 0 Å². The highest BCUT2D eigenvalue weighted by atomic mass is 32.2. The van der Waals surface area contributed by atoms with Crippen molar-refractivity contribution in [3.05, 3.63) is 84.6 Å². The molecule has 2 N–H and O–H groups in total. The van der Waals surface area contributed by atoms with Gasteiger partial charge in [-0.2, -0.15) is 5.26 Å². The van der Waals surface area contributed by atoms with Crippen LogP contribution in [0.15, 0.2) is 79.0 Å². The molecule has 42 heavy (non-hydrogen) atoms. The molecule has 0 bridgehead atoms. The van der Waals surface area contributed by atoms with Crippen LogP contribution in [0.3, 0.4) is 0 Å². The molecular weight excluding hydrogens is 576 g/mol. The van der Waals surface area contributed by atoms with E-state index in [4.69, 9.17) is 4.74 Å². The maximum Gasteiger partial charge on any atom is 0.286 e. The average Bonchev–Trinajstić information content (AvgIpc) is 3.32. The summed E-state index contributed by atoms with van der Waals surface area (Å²) in [6.45, 7) is -0.125. The van der Waals surface area contributed by atoms with Gasteiger partial charge in [0.2, 0.25) is 11.8 Å². The Labute approximate surface area is 252 Å². The van der Waals surface area contributed by atoms with Crippen LogP contribution in [0.4, 0.5) is 21.0 Å². The minimum absolute atomic E-state index is 0.0297. The number of likely N-dealkylation sites (N-methyl/N-ethyl adjacent to an activating group) is 1. The number of para-hydroxylation sites is 2. The molecule has 5 rings (SSSR count). The highest BCUT2D eigenvalue weighted by Gasteiger charge is 2.63. The number of thiol groups is 1. The zero-order valence-electron chi connectivity index (χ0n) is 22.8. The molecule has 0 saturated carbocycles. The Bertz CT molecular complexity index is 1490. The number of amides is 4. The monoisotopic (exact) mass is 604 g/mol. The maximum atomic E-state index is 13.4. The molecule has 2 aliphatic rings. The van der Waals surface area contributed by atoms with Gasteiger partial charge < -0.3 is 25.2 Å². The number of pyridine rings is 1. The van der Waals surface area contributed by atoms with E-state index in [0.29, 0.717) is 17.1 Å². The maximum absolute atomic E-state index is 13.4. The van der Waals surface area contributed by atoms with Crippen molar-refractivity contribution in [1.82, 2.24) is 14.8 Å². The van der Waals surface area contributed by atoms with Crippen molar-refractivity contribution in [3.8, 4) is 11.9 Å². The number of aromatic nitrogens is 1. The standard InChI is InChI=1S/C22H21N5O4S.C7H7NOS/c1-26-13-18(28)27-19(14-8-9-17(31-2)24-12-14)15(11-23)10-22(27,20(26)29)32-21(30)25-16-6-4-3-5-7-16;9-7(10)8-6-4-2-1-3-5-6/h3-9,12,15,19H,10,13H2,1-2H3,(H,25,30);1-5H,(H2,8,9,10)/t15?,19-,22-;/m0./s1. The first kappa shape index (κ1) is 30.4. The summed E-state index contributed by atoms with van der Waals surface area (Å²) in [6.07, 6.45) is 1.57. The Morgan fingerprint density at radius 2 is 1.67 bits per heavy atom. The van der Waals surface area contributed by atoms with Crippen molar-refractivity contribution in [1.29, 1.82) is 5.26 Å². The third-order valence-electron chi connectivity index (χ3n) is 6.65. The third-order valence-corrected chi connectivity index (χ3v) is 7.92. The van der Waals surface area contributed by atoms with Crippen molar-refractivity contribution in [2.75, 3.05) is 31.3 Å². The molecular formula is C29H28N6O5S2. The first-order chi connectivity index (χ1) is 20.2. The number of fused-ring (bicyclic) bond motifs is 1. The molecule has 2 fully saturated rings. The number of methoxy groups -OCH3 is 1. The number of thioether (sulfide) groups is 1. The van der Waals surface area contributed by atoms with Gasteiger partial charge in [0, 0.05) is 37.1 Å². The molecule has 11 nitrogen and oxygen atoms in total. The van der Waals surface area contributed by atoms with Gasteiger partial charge in [0.25, 0.3) is 16.4 Å². The molecule has 0 aliphatic carbocycles. The van der Waals surface area contributed by atoms with Crippen LogP contribution in [-0.4, -0.2) is 62.6 Å². The van der Waals surface area contributed by atoms with Gasteiger partial charge in [0.05, 0.1) is 31.7 Å². The third kappa shape index (κ3) is 6.67. The number of carbonyl (C=O) groups is 4. The molecule has 3 atom stereocenters. The Morgan fingerprint density at radius 1 is 1.05 bits per heavy atom. The van der Waals surface area contributed by atoms with Crippen LogP contribution < -0.4 is 15.4 Å². The van der Waals surface area contributed by atoms with Crippen LogP contribution in [0, 0.1) is 17.2 Å². The zero-order chi connectivity index (χ0) is 30.3. The van der Waals surface area contributed by atoms with Crippen LogP contribution in [0.5, 0.6) is 5.88 Å². The minimum Gasteiger partial charge on any atom is -0.481 e. The largest absolute Gasteiger partial charge is 0.481 e. The predicted octanol–water partition coefficient (Wildman–Crippen LogP) is 4.79. The van der Waals surface area contributed by atoms with Crippen LogP contribution in [0.1, 0.15) is 18.0 Å². The van der Waals surface area contributed by atoms with Crippen LogP contribution in [-0.2, 0) is 9.59 Å². The highest BCUT2D eigenvalue weighted by molar-refractivity contribution is 8.15. The molecule has 0 radical (unpaired) electrons. The summed E-state index contributed by atoms with van der Waals surface area (Å²) in [6, 6.07) is 22.9. The van der Waals surface area contributed by atoms with E-state index in [1.807, 2.05) is 24.3 Å². The van der Waals surface area contributed by atoms with Gasteiger partial charge in [-0.25, -0.2) is 4.98 Å². The summed E-state index contributed by atoms with van der Waals surface area (Å²) in [4.78, 5) is 55.3. The van der Waals surface area contributed by atoms with Crippen LogP contribution >= 0.6 is 24.4 Å². The minimum atomic E-state index is -1.52. The van der Waals surface area contributed by atoms with Crippen molar-refractivity contribution < 1.29 is 23.9 Å². The summed E-state index contributed by atoms with van der Waals surface area (Å²) in [5, 5.41) is 14.4. The van der Waals surface area contributed by atoms with Gasteiger partial charge in [-0.3, -0.25) is 19.2 Å². The number of benzene rings is 2. The lowest BCUT2D eigenvalue weighted by molar-refractivity contribution is -0.156. The fraction of sp³-hybridized carbons (Fsp3) is 0.241. The van der Waals surface area contributed by atoms with Crippen molar-refractivity contribution in [2.24, 2.45) is 5.92 Å². The second kappa shape index (κ2) is 13.4. The van der Waals surface area contributed by atoms with Crippen molar-refractivity contribution >= 4 is 58.1 Å². The van der Waals surface area contributed by atoms with Crippen LogP contribution in [0.2, 0.25) is 0 Å². The molecule has 4 amide bonds. The summed E-state index contributed by atoms with van der Waals surface area (Å²) in [7, 11) is 3.02. The van der Waals surface area contributed by atoms with Gasteiger partial charge in [-0.05, 0) is 41.6 Å². The lowest BCUT2D eigenvalue weighted by atomic mass is 9.95. The molecule has 1 aromatic heterocycles. The first-order valence-electron chi connectivity index (χ1n) is 12.8. The lowest BCUT2D eigenvalue weighted by Gasteiger charge is -2.45. The van der Waals surface area contributed by atoms with Gasteiger partial charge in [-0.15, -0.1) is 0 Å². The summed E-state index contributed by atoms with van der Waals surface area (Å²) >= 11 is 4.30. The van der Waals surface area contributed by atoms with Gasteiger partial charge >= 0.3 is 0 Å².